The van der Waals surface area contributed by atoms with Crippen LogP contribution in [-0.4, -0.2) is 25.0 Å². The fraction of sp³-hybridized carbons (Fsp3) is 0.172. The highest BCUT2D eigenvalue weighted by atomic mass is 16.5. The summed E-state index contributed by atoms with van der Waals surface area (Å²) in [5.41, 5.74) is 4.33. The van der Waals surface area contributed by atoms with Crippen molar-refractivity contribution in [2.75, 3.05) is 23.4 Å². The molecule has 0 saturated carbocycles. The van der Waals surface area contributed by atoms with Crippen molar-refractivity contribution >= 4 is 34.0 Å². The zero-order valence-corrected chi connectivity index (χ0v) is 19.7. The average Bonchev–Trinajstić information content (AvgIpc) is 2.86. The summed E-state index contributed by atoms with van der Waals surface area (Å²) >= 11 is 0. The highest BCUT2D eigenvalue weighted by Gasteiger charge is 2.18. The van der Waals surface area contributed by atoms with E-state index in [1.807, 2.05) is 81.4 Å². The average molecular weight is 453 g/mol. The van der Waals surface area contributed by atoms with Gasteiger partial charge in [0, 0.05) is 23.2 Å². The Hall–Kier alpha value is -4.12. The first-order chi connectivity index (χ1) is 16.5. The number of hydrogen-bond acceptors (Lipinski definition) is 3. The van der Waals surface area contributed by atoms with Crippen LogP contribution in [0.5, 0.6) is 5.75 Å². The Morgan fingerprint density at radius 3 is 2.32 bits per heavy atom. The van der Waals surface area contributed by atoms with Crippen LogP contribution >= 0.6 is 0 Å². The second-order valence-corrected chi connectivity index (χ2v) is 8.21. The van der Waals surface area contributed by atoms with E-state index in [4.69, 9.17) is 4.74 Å². The van der Waals surface area contributed by atoms with Crippen LogP contribution in [0.3, 0.4) is 0 Å². The Bertz CT molecular complexity index is 1320. The Morgan fingerprint density at radius 2 is 1.59 bits per heavy atom. The van der Waals surface area contributed by atoms with Crippen LogP contribution in [0.4, 0.5) is 11.4 Å². The molecule has 34 heavy (non-hydrogen) atoms. The molecule has 0 heterocycles. The number of hydrogen-bond donors (Lipinski definition) is 1. The third-order valence-corrected chi connectivity index (χ3v) is 5.88. The largest absolute Gasteiger partial charge is 0.484 e. The maximum absolute atomic E-state index is 13.3. The zero-order chi connectivity index (χ0) is 24.1. The highest BCUT2D eigenvalue weighted by Crippen LogP contribution is 2.28. The number of nitrogens with one attached hydrogen (secondary N) is 1. The van der Waals surface area contributed by atoms with Crippen LogP contribution in [-0.2, 0) is 4.79 Å². The van der Waals surface area contributed by atoms with Gasteiger partial charge in [-0.1, -0.05) is 42.5 Å². The highest BCUT2D eigenvalue weighted by molar-refractivity contribution is 6.11. The Balaban J connectivity index is 1.42. The van der Waals surface area contributed by atoms with E-state index in [1.54, 1.807) is 29.2 Å². The molecule has 0 unspecified atom stereocenters. The molecule has 4 aromatic rings. The maximum atomic E-state index is 13.3. The second-order valence-electron chi connectivity index (χ2n) is 8.21. The molecule has 0 aliphatic carbocycles. The molecule has 0 bridgehead atoms. The molecule has 0 aromatic heterocycles. The molecule has 172 valence electrons. The van der Waals surface area contributed by atoms with Gasteiger partial charge in [0.15, 0.2) is 6.61 Å². The Kier molecular flexibility index (Phi) is 6.93. The summed E-state index contributed by atoms with van der Waals surface area (Å²) in [7, 11) is 0. The molecule has 0 atom stereocenters. The molecule has 5 nitrogen and oxygen atoms in total. The summed E-state index contributed by atoms with van der Waals surface area (Å²) in [6.45, 7) is 6.45. The van der Waals surface area contributed by atoms with Gasteiger partial charge in [-0.3, -0.25) is 9.59 Å². The lowest BCUT2D eigenvalue weighted by molar-refractivity contribution is -0.118. The van der Waals surface area contributed by atoms with Crippen LogP contribution in [0, 0.1) is 13.8 Å². The molecule has 0 radical (unpaired) electrons. The van der Waals surface area contributed by atoms with Gasteiger partial charge in [-0.2, -0.15) is 0 Å². The number of amides is 2. The van der Waals surface area contributed by atoms with E-state index in [2.05, 4.69) is 5.32 Å². The predicted octanol–water partition coefficient (Wildman–Crippen LogP) is 6.14. The number of nitrogens with zero attached hydrogens (tertiary/aromatic N) is 1. The molecule has 0 spiro atoms. The molecule has 4 rings (SSSR count). The van der Waals surface area contributed by atoms with Crippen LogP contribution in [0.2, 0.25) is 0 Å². The Labute approximate surface area is 200 Å². The van der Waals surface area contributed by atoms with Crippen LogP contribution < -0.4 is 15.0 Å². The summed E-state index contributed by atoms with van der Waals surface area (Å²) in [4.78, 5) is 27.4. The predicted molar refractivity (Wildman–Crippen MR) is 138 cm³/mol. The molecular weight excluding hydrogens is 424 g/mol. The first kappa shape index (κ1) is 23.1. The summed E-state index contributed by atoms with van der Waals surface area (Å²) in [5.74, 6) is 0.310. The quantitative estimate of drug-likeness (QED) is 0.366. The van der Waals surface area contributed by atoms with Crippen LogP contribution in [0.25, 0.3) is 10.8 Å². The molecule has 0 aliphatic heterocycles. The number of carbonyl (C=O) groups is 2. The van der Waals surface area contributed by atoms with Crippen molar-refractivity contribution in [2.45, 2.75) is 20.8 Å². The first-order valence-electron chi connectivity index (χ1n) is 11.4. The van der Waals surface area contributed by atoms with Crippen molar-refractivity contribution in [3.63, 3.8) is 0 Å². The van der Waals surface area contributed by atoms with Gasteiger partial charge in [-0.05, 0) is 79.7 Å². The number of aryl methyl sites for hydroxylation is 2. The molecule has 4 aromatic carbocycles. The summed E-state index contributed by atoms with van der Waals surface area (Å²) in [6, 6.07) is 26.7. The molecule has 0 aliphatic rings. The molecule has 0 saturated heterocycles. The van der Waals surface area contributed by atoms with Crippen molar-refractivity contribution in [1.29, 1.82) is 0 Å². The van der Waals surface area contributed by atoms with Gasteiger partial charge < -0.3 is 15.0 Å². The molecular formula is C29H28N2O3. The number of ether oxygens (including phenoxy) is 1. The first-order valence-corrected chi connectivity index (χ1v) is 11.4. The third kappa shape index (κ3) is 5.09. The van der Waals surface area contributed by atoms with Gasteiger partial charge in [0.05, 0.1) is 5.69 Å². The van der Waals surface area contributed by atoms with E-state index in [0.717, 1.165) is 22.0 Å². The van der Waals surface area contributed by atoms with E-state index in [-0.39, 0.29) is 18.4 Å². The summed E-state index contributed by atoms with van der Waals surface area (Å²) < 4.78 is 5.60. The number of rotatable bonds is 7. The fourth-order valence-corrected chi connectivity index (χ4v) is 3.87. The fourth-order valence-electron chi connectivity index (χ4n) is 3.87. The molecule has 1 N–H and O–H groups in total. The Morgan fingerprint density at radius 1 is 0.853 bits per heavy atom. The van der Waals surface area contributed by atoms with E-state index in [9.17, 15) is 9.59 Å². The van der Waals surface area contributed by atoms with Crippen molar-refractivity contribution in [1.82, 2.24) is 0 Å². The molecule has 2 amide bonds. The van der Waals surface area contributed by atoms with Gasteiger partial charge in [0.2, 0.25) is 0 Å². The van der Waals surface area contributed by atoms with Gasteiger partial charge in [-0.15, -0.1) is 0 Å². The molecule has 5 heteroatoms. The normalized spacial score (nSPS) is 10.7. The maximum Gasteiger partial charge on any atom is 0.262 e. The lowest BCUT2D eigenvalue weighted by atomic mass is 10.1. The standard InChI is InChI=1S/C29H28N2O3/c1-4-31(27-11-7-9-22-8-5-6-10-26(22)27)29(33)23-13-15-24(16-14-23)30-28(32)19-34-25-17-12-20(2)21(3)18-25/h5-18H,4,19H2,1-3H3,(H,30,32). The number of anilines is 2. The lowest BCUT2D eigenvalue weighted by Crippen LogP contribution is -2.30. The minimum Gasteiger partial charge on any atom is -0.484 e. The van der Waals surface area contributed by atoms with E-state index < -0.39 is 0 Å². The van der Waals surface area contributed by atoms with Crippen molar-refractivity contribution < 1.29 is 14.3 Å². The van der Waals surface area contributed by atoms with Gasteiger partial charge in [-0.25, -0.2) is 0 Å². The van der Waals surface area contributed by atoms with Crippen LogP contribution in [0.15, 0.2) is 84.9 Å². The van der Waals surface area contributed by atoms with Crippen LogP contribution in [0.1, 0.15) is 28.4 Å². The summed E-state index contributed by atoms with van der Waals surface area (Å²) in [6.07, 6.45) is 0. The third-order valence-electron chi connectivity index (χ3n) is 5.88. The van der Waals surface area contributed by atoms with E-state index in [1.165, 1.54) is 5.56 Å². The van der Waals surface area contributed by atoms with Crippen molar-refractivity contribution in [3.8, 4) is 5.75 Å². The van der Waals surface area contributed by atoms with Crippen molar-refractivity contribution in [3.05, 3.63) is 102 Å². The van der Waals surface area contributed by atoms with Gasteiger partial charge in [0.25, 0.3) is 11.8 Å². The monoisotopic (exact) mass is 452 g/mol. The van der Waals surface area contributed by atoms with Crippen molar-refractivity contribution in [2.24, 2.45) is 0 Å². The zero-order valence-electron chi connectivity index (χ0n) is 19.7. The van der Waals surface area contributed by atoms with Gasteiger partial charge in [0.1, 0.15) is 5.75 Å². The topological polar surface area (TPSA) is 58.6 Å². The second kappa shape index (κ2) is 10.2. The lowest BCUT2D eigenvalue weighted by Gasteiger charge is -2.23. The number of carbonyl (C=O) groups excluding carboxylic acids is 2. The van der Waals surface area contributed by atoms with E-state index >= 15 is 0 Å². The SMILES string of the molecule is CCN(C(=O)c1ccc(NC(=O)COc2ccc(C)c(C)c2)cc1)c1cccc2ccccc12. The molecule has 0 fully saturated rings. The number of benzene rings is 4. The van der Waals surface area contributed by atoms with Gasteiger partial charge >= 0.3 is 0 Å². The minimum absolute atomic E-state index is 0.0881. The number of fused-ring (bicyclic) bond motifs is 1. The van der Waals surface area contributed by atoms with E-state index in [0.29, 0.717) is 23.5 Å². The smallest absolute Gasteiger partial charge is 0.262 e. The summed E-state index contributed by atoms with van der Waals surface area (Å²) in [5, 5.41) is 4.94. The minimum atomic E-state index is -0.261.